The highest BCUT2D eigenvalue weighted by molar-refractivity contribution is 5.76. The summed E-state index contributed by atoms with van der Waals surface area (Å²) < 4.78 is 0. The topological polar surface area (TPSA) is 26.0 Å². The van der Waals surface area contributed by atoms with Gasteiger partial charge in [-0.2, -0.15) is 0 Å². The molecule has 0 saturated carbocycles. The summed E-state index contributed by atoms with van der Waals surface area (Å²) in [7, 11) is 0. The Hall–Kier alpha value is -2.12. The van der Waals surface area contributed by atoms with Crippen LogP contribution in [0.5, 0.6) is 0 Å². The number of allylic oxidation sites excluding steroid dienone is 8. The fourth-order valence-corrected chi connectivity index (χ4v) is 3.82. The normalized spacial score (nSPS) is 14.4. The van der Waals surface area contributed by atoms with Gasteiger partial charge in [0.2, 0.25) is 0 Å². The third-order valence-corrected chi connectivity index (χ3v) is 5.12. The fourth-order valence-electron chi connectivity index (χ4n) is 3.82. The molecule has 0 spiro atoms. The molecule has 1 aliphatic rings. The minimum Gasteiger partial charge on any atom is -0.324 e. The van der Waals surface area contributed by atoms with E-state index in [0.29, 0.717) is 0 Å². The zero-order chi connectivity index (χ0) is 20.1. The Balaban J connectivity index is 2.31. The van der Waals surface area contributed by atoms with Crippen molar-refractivity contribution in [1.29, 1.82) is 0 Å². The van der Waals surface area contributed by atoms with Crippen molar-refractivity contribution in [3.8, 4) is 0 Å². The van der Waals surface area contributed by atoms with Crippen molar-refractivity contribution in [1.82, 2.24) is 0 Å². The van der Waals surface area contributed by atoms with Gasteiger partial charge in [0, 0.05) is 6.04 Å². The maximum Gasteiger partial charge on any atom is 0.0271 e. The van der Waals surface area contributed by atoms with Crippen LogP contribution in [0.1, 0.15) is 75.8 Å². The summed E-state index contributed by atoms with van der Waals surface area (Å²) >= 11 is 0. The summed E-state index contributed by atoms with van der Waals surface area (Å²) in [6.45, 7) is 18.8. The molecular weight excluding hydrogens is 326 g/mol. The number of aryl methyl sites for hydroxylation is 1. The lowest BCUT2D eigenvalue weighted by atomic mass is 9.87. The summed E-state index contributed by atoms with van der Waals surface area (Å²) in [5, 5.41) is 0. The Kier molecular flexibility index (Phi) is 7.21. The molecule has 1 heteroatoms. The van der Waals surface area contributed by atoms with Crippen LogP contribution in [0.25, 0.3) is 5.57 Å². The van der Waals surface area contributed by atoms with E-state index in [0.717, 1.165) is 31.3 Å². The molecule has 0 heterocycles. The molecule has 2 rings (SSSR count). The van der Waals surface area contributed by atoms with Crippen LogP contribution < -0.4 is 5.73 Å². The number of hydrogen-bond acceptors (Lipinski definition) is 1. The molecule has 1 aromatic rings. The number of nitrogens with two attached hydrogens (primary N) is 1. The molecule has 1 atom stereocenters. The standard InChI is InChI=1S/C26H35N/c1-17(2)8-9-21(19(5)6)10-11-22-12-14-24-23(16-18(3)4)13-15-25(24)26(22)20(7)27/h8-9,12-14,20H,3,5,10-11,15-16,27H2,1-2,4,6-7H3/b21-9-. The van der Waals surface area contributed by atoms with Gasteiger partial charge in [0.25, 0.3) is 0 Å². The lowest BCUT2D eigenvalue weighted by molar-refractivity contribution is 0.779. The van der Waals surface area contributed by atoms with Crippen molar-refractivity contribution in [3.63, 3.8) is 0 Å². The predicted molar refractivity (Wildman–Crippen MR) is 121 cm³/mol. The molecule has 1 aromatic carbocycles. The highest BCUT2D eigenvalue weighted by Gasteiger charge is 2.21. The molecule has 27 heavy (non-hydrogen) atoms. The summed E-state index contributed by atoms with van der Waals surface area (Å²) in [4.78, 5) is 0. The fraction of sp³-hybridized carbons (Fsp3) is 0.385. The molecular formula is C26H35N. The number of hydrogen-bond donors (Lipinski definition) is 1. The van der Waals surface area contributed by atoms with Crippen LogP contribution in [0.15, 0.2) is 65.8 Å². The minimum atomic E-state index is 0.0440. The highest BCUT2D eigenvalue weighted by Crippen LogP contribution is 2.37. The van der Waals surface area contributed by atoms with Gasteiger partial charge < -0.3 is 5.73 Å². The molecule has 2 N–H and O–H groups in total. The number of fused-ring (bicyclic) bond motifs is 1. The largest absolute Gasteiger partial charge is 0.324 e. The zero-order valence-electron chi connectivity index (χ0n) is 17.8. The molecule has 1 aliphatic carbocycles. The lowest BCUT2D eigenvalue weighted by Crippen LogP contribution is -2.12. The van der Waals surface area contributed by atoms with Gasteiger partial charge in [-0.1, -0.05) is 60.2 Å². The van der Waals surface area contributed by atoms with E-state index in [1.807, 2.05) is 0 Å². The molecule has 0 saturated heterocycles. The van der Waals surface area contributed by atoms with Gasteiger partial charge in [-0.3, -0.25) is 0 Å². The van der Waals surface area contributed by atoms with E-state index in [4.69, 9.17) is 5.73 Å². The molecule has 1 unspecified atom stereocenters. The second-order valence-electron chi connectivity index (χ2n) is 8.24. The third kappa shape index (κ3) is 5.43. The van der Waals surface area contributed by atoms with Crippen molar-refractivity contribution in [2.75, 3.05) is 0 Å². The van der Waals surface area contributed by atoms with E-state index in [9.17, 15) is 0 Å². The zero-order valence-corrected chi connectivity index (χ0v) is 17.8. The van der Waals surface area contributed by atoms with E-state index in [2.05, 4.69) is 78.1 Å². The number of benzene rings is 1. The van der Waals surface area contributed by atoms with E-state index in [1.165, 1.54) is 44.5 Å². The SMILES string of the molecule is C=C(C)CC1=CCc2c1ccc(CC/C(=C/C=C(C)C)C(=C)C)c2C(C)N. The van der Waals surface area contributed by atoms with Gasteiger partial charge in [0.05, 0.1) is 0 Å². The van der Waals surface area contributed by atoms with Crippen LogP contribution in [0.2, 0.25) is 0 Å². The molecule has 0 bridgehead atoms. The second-order valence-corrected chi connectivity index (χ2v) is 8.24. The van der Waals surface area contributed by atoms with E-state index >= 15 is 0 Å². The van der Waals surface area contributed by atoms with Gasteiger partial charge in [0.15, 0.2) is 0 Å². The second kappa shape index (κ2) is 9.19. The van der Waals surface area contributed by atoms with Gasteiger partial charge in [-0.15, -0.1) is 0 Å². The first kappa shape index (κ1) is 21.2. The molecule has 0 radical (unpaired) electrons. The smallest absolute Gasteiger partial charge is 0.0271 e. The van der Waals surface area contributed by atoms with Crippen LogP contribution in [-0.4, -0.2) is 0 Å². The van der Waals surface area contributed by atoms with Crippen molar-refractivity contribution < 1.29 is 0 Å². The minimum absolute atomic E-state index is 0.0440. The first-order chi connectivity index (χ1) is 12.7. The Morgan fingerprint density at radius 3 is 2.41 bits per heavy atom. The van der Waals surface area contributed by atoms with E-state index < -0.39 is 0 Å². The van der Waals surface area contributed by atoms with Gasteiger partial charge in [-0.25, -0.2) is 0 Å². The van der Waals surface area contributed by atoms with Gasteiger partial charge in [0.1, 0.15) is 0 Å². The van der Waals surface area contributed by atoms with Crippen molar-refractivity contribution in [3.05, 3.63) is 88.1 Å². The van der Waals surface area contributed by atoms with Crippen molar-refractivity contribution in [2.24, 2.45) is 5.73 Å². The molecule has 0 amide bonds. The van der Waals surface area contributed by atoms with Gasteiger partial charge >= 0.3 is 0 Å². The average molecular weight is 362 g/mol. The van der Waals surface area contributed by atoms with Crippen molar-refractivity contribution in [2.45, 2.75) is 66.3 Å². The lowest BCUT2D eigenvalue weighted by Gasteiger charge is -2.19. The summed E-state index contributed by atoms with van der Waals surface area (Å²) in [6.07, 6.45) is 10.7. The maximum absolute atomic E-state index is 6.42. The molecule has 0 aliphatic heterocycles. The van der Waals surface area contributed by atoms with Crippen LogP contribution >= 0.6 is 0 Å². The summed E-state index contributed by atoms with van der Waals surface area (Å²) in [6, 6.07) is 4.62. The maximum atomic E-state index is 6.42. The van der Waals surface area contributed by atoms with Crippen LogP contribution in [0, 0.1) is 0 Å². The Labute approximate surface area is 166 Å². The van der Waals surface area contributed by atoms with E-state index in [-0.39, 0.29) is 6.04 Å². The first-order valence-electron chi connectivity index (χ1n) is 9.94. The summed E-state index contributed by atoms with van der Waals surface area (Å²) in [5.41, 5.74) is 18.3. The predicted octanol–water partition coefficient (Wildman–Crippen LogP) is 7.01. The quantitative estimate of drug-likeness (QED) is 0.391. The van der Waals surface area contributed by atoms with E-state index in [1.54, 1.807) is 0 Å². The monoisotopic (exact) mass is 361 g/mol. The highest BCUT2D eigenvalue weighted by atomic mass is 14.6. The van der Waals surface area contributed by atoms with Crippen LogP contribution in [0.3, 0.4) is 0 Å². The number of rotatable bonds is 8. The summed E-state index contributed by atoms with van der Waals surface area (Å²) in [5.74, 6) is 0. The first-order valence-corrected chi connectivity index (χ1v) is 9.94. The molecule has 144 valence electrons. The molecule has 1 nitrogen and oxygen atoms in total. The molecule has 0 fully saturated rings. The Morgan fingerprint density at radius 1 is 1.15 bits per heavy atom. The Morgan fingerprint density at radius 2 is 1.85 bits per heavy atom. The van der Waals surface area contributed by atoms with Crippen LogP contribution in [-0.2, 0) is 12.8 Å². The molecule has 0 aromatic heterocycles. The average Bonchev–Trinajstić information content (AvgIpc) is 2.95. The third-order valence-electron chi connectivity index (χ3n) is 5.12. The Bertz CT molecular complexity index is 824. The van der Waals surface area contributed by atoms with Gasteiger partial charge in [-0.05, 0) is 93.7 Å². The van der Waals surface area contributed by atoms with Crippen molar-refractivity contribution >= 4 is 5.57 Å². The van der Waals surface area contributed by atoms with Crippen LogP contribution in [0.4, 0.5) is 0 Å².